The molecule has 1 N–H and O–H groups in total. The van der Waals surface area contributed by atoms with Crippen LogP contribution in [-0.2, 0) is 23.9 Å². The molecule has 0 aliphatic rings. The molecule has 0 spiro atoms. The lowest BCUT2D eigenvalue weighted by atomic mass is 9.91. The number of esters is 2. The topological polar surface area (TPSA) is 89.9 Å². The summed E-state index contributed by atoms with van der Waals surface area (Å²) < 4.78 is 10.3. The summed E-state index contributed by atoms with van der Waals surface area (Å²) in [6.45, 7) is 18.9. The molecule has 0 saturated carbocycles. The molecule has 6 nitrogen and oxygen atoms in total. The van der Waals surface area contributed by atoms with E-state index in [1.807, 2.05) is 41.5 Å². The highest BCUT2D eigenvalue weighted by Gasteiger charge is 2.26. The number of carboxylic acid groups (broad SMARTS) is 1. The molecule has 0 aromatic heterocycles. The monoisotopic (exact) mass is 544 g/mol. The van der Waals surface area contributed by atoms with Gasteiger partial charge in [-0.05, 0) is 46.0 Å². The number of ether oxygens (including phenoxy) is 2. The molecule has 0 amide bonds. The second-order valence-corrected chi connectivity index (χ2v) is 11.0. The number of hydrogen-bond donors (Lipinski definition) is 1. The van der Waals surface area contributed by atoms with Gasteiger partial charge in [-0.2, -0.15) is 0 Å². The largest absolute Gasteiger partial charge is 0.481 e. The van der Waals surface area contributed by atoms with Gasteiger partial charge < -0.3 is 14.6 Å². The van der Waals surface area contributed by atoms with Gasteiger partial charge in [0, 0.05) is 0 Å². The second-order valence-electron chi connectivity index (χ2n) is 11.0. The zero-order valence-electron chi connectivity index (χ0n) is 26.7. The molecule has 0 bridgehead atoms. The van der Waals surface area contributed by atoms with Crippen LogP contribution in [0.4, 0.5) is 0 Å². The lowest BCUT2D eigenvalue weighted by Gasteiger charge is -2.20. The number of aliphatic carboxylic acids is 1. The fraction of sp³-hybridized carbons (Fsp3) is 0.906. The van der Waals surface area contributed by atoms with Crippen molar-refractivity contribution in [3.63, 3.8) is 0 Å². The van der Waals surface area contributed by atoms with Gasteiger partial charge in [0.1, 0.15) is 0 Å². The quantitative estimate of drug-likeness (QED) is 0.121. The lowest BCUT2D eigenvalue weighted by molar-refractivity contribution is -0.154. The van der Waals surface area contributed by atoms with Crippen molar-refractivity contribution in [2.45, 2.75) is 159 Å². The van der Waals surface area contributed by atoms with Gasteiger partial charge >= 0.3 is 17.9 Å². The zero-order valence-corrected chi connectivity index (χ0v) is 26.7. The standard InChI is InChI=1S/C18H36O2.C9H18O2.C5H10O2/c1-5-7-8-9-10-11-12-13-14-15-16-20-17(19)18(3,4)6-2;1-4-6-7-11-9(10)8(3)5-2;1-3-4(2)5(6)7/h5-16H2,1-4H3;8H,4-7H2,1-3H3;4H,3H2,1-2H3,(H,6,7). The van der Waals surface area contributed by atoms with Crippen LogP contribution >= 0.6 is 0 Å². The summed E-state index contributed by atoms with van der Waals surface area (Å²) in [5.74, 6) is -0.925. The van der Waals surface area contributed by atoms with Crippen LogP contribution in [0.5, 0.6) is 0 Å². The van der Waals surface area contributed by atoms with Crippen LogP contribution in [-0.4, -0.2) is 36.2 Å². The van der Waals surface area contributed by atoms with Gasteiger partial charge in [0.05, 0.1) is 30.5 Å². The Bertz CT molecular complexity index is 558. The molecule has 2 unspecified atom stereocenters. The van der Waals surface area contributed by atoms with Gasteiger partial charge in [0.25, 0.3) is 0 Å². The molecule has 0 rings (SSSR count). The van der Waals surface area contributed by atoms with Gasteiger partial charge in [0.15, 0.2) is 0 Å². The number of carboxylic acids is 1. The maximum Gasteiger partial charge on any atom is 0.311 e. The molecule has 0 radical (unpaired) electrons. The molecule has 2 atom stereocenters. The summed E-state index contributed by atoms with van der Waals surface area (Å²) in [6, 6.07) is 0. The first kappa shape index (κ1) is 40.9. The van der Waals surface area contributed by atoms with E-state index in [1.54, 1.807) is 6.92 Å². The predicted octanol–water partition coefficient (Wildman–Crippen LogP) is 9.38. The van der Waals surface area contributed by atoms with Crippen LogP contribution in [0.25, 0.3) is 0 Å². The Morgan fingerprint density at radius 3 is 1.42 bits per heavy atom. The third-order valence-corrected chi connectivity index (χ3v) is 6.96. The Balaban J connectivity index is -0.000000567. The van der Waals surface area contributed by atoms with Gasteiger partial charge in [-0.3, -0.25) is 14.4 Å². The number of carbonyl (C=O) groups excluding carboxylic acids is 2. The predicted molar refractivity (Wildman–Crippen MR) is 159 cm³/mol. The van der Waals surface area contributed by atoms with Crippen LogP contribution in [0.15, 0.2) is 0 Å². The van der Waals surface area contributed by atoms with E-state index in [9.17, 15) is 14.4 Å². The highest BCUT2D eigenvalue weighted by Crippen LogP contribution is 2.21. The lowest BCUT2D eigenvalue weighted by Crippen LogP contribution is -2.26. The number of unbranched alkanes of at least 4 members (excludes halogenated alkanes) is 10. The van der Waals surface area contributed by atoms with E-state index in [4.69, 9.17) is 14.6 Å². The first-order valence-electron chi connectivity index (χ1n) is 15.5. The van der Waals surface area contributed by atoms with Crippen LogP contribution in [0.1, 0.15) is 159 Å². The van der Waals surface area contributed by atoms with Crippen LogP contribution < -0.4 is 0 Å². The molecule has 0 saturated heterocycles. The molecule has 0 aromatic rings. The maximum atomic E-state index is 11.7. The van der Waals surface area contributed by atoms with Crippen molar-refractivity contribution in [1.29, 1.82) is 0 Å². The van der Waals surface area contributed by atoms with Gasteiger partial charge in [-0.15, -0.1) is 0 Å². The van der Waals surface area contributed by atoms with Crippen molar-refractivity contribution in [2.75, 3.05) is 13.2 Å². The van der Waals surface area contributed by atoms with Crippen LogP contribution in [0, 0.1) is 17.3 Å². The van der Waals surface area contributed by atoms with Gasteiger partial charge in [-0.25, -0.2) is 0 Å². The molecule has 0 fully saturated rings. The number of carbonyl (C=O) groups is 3. The third-order valence-electron chi connectivity index (χ3n) is 6.96. The van der Waals surface area contributed by atoms with Crippen molar-refractivity contribution < 1.29 is 29.0 Å². The minimum Gasteiger partial charge on any atom is -0.481 e. The number of rotatable bonds is 20. The first-order chi connectivity index (χ1) is 17.9. The fourth-order valence-electron chi connectivity index (χ4n) is 2.89. The SMILES string of the molecule is CCC(C)C(=O)O.CCCCCCCCCCCCOC(=O)C(C)(C)CC.CCCCOC(=O)C(C)CC. The maximum absolute atomic E-state index is 11.7. The highest BCUT2D eigenvalue weighted by atomic mass is 16.5. The van der Waals surface area contributed by atoms with E-state index < -0.39 is 5.97 Å². The van der Waals surface area contributed by atoms with E-state index in [0.717, 1.165) is 38.5 Å². The average molecular weight is 545 g/mol. The molecule has 0 heterocycles. The first-order valence-corrected chi connectivity index (χ1v) is 15.5. The fourth-order valence-corrected chi connectivity index (χ4v) is 2.89. The summed E-state index contributed by atoms with van der Waals surface area (Å²) in [5, 5.41) is 8.18. The molecule has 38 heavy (non-hydrogen) atoms. The van der Waals surface area contributed by atoms with Crippen molar-refractivity contribution in [1.82, 2.24) is 0 Å². The van der Waals surface area contributed by atoms with E-state index in [-0.39, 0.29) is 29.2 Å². The Labute approximate surface area is 236 Å². The molecular weight excluding hydrogens is 480 g/mol. The molecule has 0 aliphatic heterocycles. The Morgan fingerprint density at radius 1 is 0.632 bits per heavy atom. The Hall–Kier alpha value is -1.59. The highest BCUT2D eigenvalue weighted by molar-refractivity contribution is 5.75. The Morgan fingerprint density at radius 2 is 1.05 bits per heavy atom. The summed E-state index contributed by atoms with van der Waals surface area (Å²) >= 11 is 0. The molecule has 0 aliphatic carbocycles. The zero-order chi connectivity index (χ0) is 29.8. The molecular formula is C32H64O6. The third kappa shape index (κ3) is 27.4. The van der Waals surface area contributed by atoms with E-state index >= 15 is 0 Å². The van der Waals surface area contributed by atoms with Crippen molar-refractivity contribution >= 4 is 17.9 Å². The van der Waals surface area contributed by atoms with Crippen molar-refractivity contribution in [3.05, 3.63) is 0 Å². The van der Waals surface area contributed by atoms with Gasteiger partial charge in [-0.1, -0.05) is 113 Å². The van der Waals surface area contributed by atoms with Crippen LogP contribution in [0.3, 0.4) is 0 Å². The normalized spacial score (nSPS) is 12.2. The summed E-state index contributed by atoms with van der Waals surface area (Å²) in [4.78, 5) is 32.7. The summed E-state index contributed by atoms with van der Waals surface area (Å²) in [7, 11) is 0. The van der Waals surface area contributed by atoms with E-state index in [1.165, 1.54) is 57.8 Å². The molecule has 228 valence electrons. The van der Waals surface area contributed by atoms with Crippen LogP contribution in [0.2, 0.25) is 0 Å². The smallest absolute Gasteiger partial charge is 0.311 e. The summed E-state index contributed by atoms with van der Waals surface area (Å²) in [6.07, 6.45) is 17.6. The number of hydrogen-bond acceptors (Lipinski definition) is 5. The minimum atomic E-state index is -0.706. The molecule has 6 heteroatoms. The van der Waals surface area contributed by atoms with Crippen molar-refractivity contribution in [2.24, 2.45) is 17.3 Å². The molecule has 0 aromatic carbocycles. The average Bonchev–Trinajstić information content (AvgIpc) is 2.91. The van der Waals surface area contributed by atoms with E-state index in [2.05, 4.69) is 13.8 Å². The minimum absolute atomic E-state index is 0.0454. The van der Waals surface area contributed by atoms with E-state index in [0.29, 0.717) is 13.2 Å². The van der Waals surface area contributed by atoms with Gasteiger partial charge in [0.2, 0.25) is 0 Å². The van der Waals surface area contributed by atoms with Crippen molar-refractivity contribution in [3.8, 4) is 0 Å². The second kappa shape index (κ2) is 28.4. The summed E-state index contributed by atoms with van der Waals surface area (Å²) in [5.41, 5.74) is -0.321. The Kier molecular flexibility index (Phi) is 30.6.